The Hall–Kier alpha value is -3.17. The number of phenolic OH excluding ortho intramolecular Hbond substituents is 2. The normalized spacial score (nSPS) is 15.0. The van der Waals surface area contributed by atoms with Crippen LogP contribution >= 0.6 is 24.0 Å². The lowest BCUT2D eigenvalue weighted by Crippen LogP contribution is -2.42. The zero-order chi connectivity index (χ0) is 21.8. The fourth-order valence-electron chi connectivity index (χ4n) is 2.68. The summed E-state index contributed by atoms with van der Waals surface area (Å²) < 4.78 is 0.277. The molecule has 2 amide bonds. The number of aromatic hydroxyl groups is 2. The largest absolute Gasteiger partial charge is 0.504 e. The highest BCUT2D eigenvalue weighted by Gasteiger charge is 2.34. The lowest BCUT2D eigenvalue weighted by Gasteiger charge is -2.20. The molecule has 1 heterocycles. The summed E-state index contributed by atoms with van der Waals surface area (Å²) in [4.78, 5) is 40.4. The van der Waals surface area contributed by atoms with Crippen LogP contribution in [0.2, 0.25) is 0 Å². The van der Waals surface area contributed by atoms with E-state index >= 15 is 0 Å². The number of Topliss-reactive ketones (excluding diaryl/α,β-unsaturated/α-hetero) is 1. The second kappa shape index (κ2) is 9.10. The molecule has 2 aromatic carbocycles. The third kappa shape index (κ3) is 4.87. The number of amides is 2. The van der Waals surface area contributed by atoms with Gasteiger partial charge in [0, 0.05) is 12.6 Å². The maximum absolute atomic E-state index is 12.7. The zero-order valence-electron chi connectivity index (χ0n) is 15.9. The average molecular weight is 443 g/mol. The van der Waals surface area contributed by atoms with Gasteiger partial charge in [-0.25, -0.2) is 0 Å². The molecule has 0 unspecified atom stereocenters. The third-order valence-electron chi connectivity index (χ3n) is 4.37. The highest BCUT2D eigenvalue weighted by Crippen LogP contribution is 2.32. The van der Waals surface area contributed by atoms with Crippen LogP contribution < -0.4 is 0 Å². The average Bonchev–Trinajstić information content (AvgIpc) is 2.98. The van der Waals surface area contributed by atoms with Gasteiger partial charge in [-0.2, -0.15) is 0 Å². The van der Waals surface area contributed by atoms with Crippen LogP contribution in [0.1, 0.15) is 15.9 Å². The van der Waals surface area contributed by atoms with Gasteiger partial charge in [0.15, 0.2) is 17.3 Å². The zero-order valence-corrected chi connectivity index (χ0v) is 17.6. The fraction of sp³-hybridized carbons (Fsp3) is 0.143. The van der Waals surface area contributed by atoms with Crippen LogP contribution in [-0.2, 0) is 9.59 Å². The Morgan fingerprint density at radius 3 is 2.50 bits per heavy atom. The highest BCUT2D eigenvalue weighted by molar-refractivity contribution is 8.26. The fourth-order valence-corrected chi connectivity index (χ4v) is 3.94. The van der Waals surface area contributed by atoms with Crippen LogP contribution in [0.4, 0.5) is 0 Å². The maximum atomic E-state index is 12.7. The monoisotopic (exact) mass is 442 g/mol. The number of carbonyl (C=O) groups excluding carboxylic acids is 3. The second-order valence-corrected chi connectivity index (χ2v) is 8.23. The molecule has 0 bridgehead atoms. The minimum atomic E-state index is -0.455. The molecular formula is C21H18N2O5S2. The summed E-state index contributed by atoms with van der Waals surface area (Å²) >= 11 is 6.37. The molecule has 1 saturated heterocycles. The number of rotatable bonds is 6. The van der Waals surface area contributed by atoms with Crippen LogP contribution in [-0.4, -0.2) is 62.1 Å². The van der Waals surface area contributed by atoms with Gasteiger partial charge < -0.3 is 15.1 Å². The first-order chi connectivity index (χ1) is 14.3. The number of hydrogen-bond donors (Lipinski definition) is 2. The van der Waals surface area contributed by atoms with E-state index < -0.39 is 17.4 Å². The SMILES string of the molecule is CN(CC(=O)c1ccc(O)c(O)c1)C(=O)CN1C(=O)/C(=C\c2ccccc2)SC1=S. The predicted molar refractivity (Wildman–Crippen MR) is 118 cm³/mol. The Labute approximate surface area is 182 Å². The Morgan fingerprint density at radius 1 is 1.13 bits per heavy atom. The number of phenols is 2. The molecule has 0 aromatic heterocycles. The quantitative estimate of drug-likeness (QED) is 0.307. The van der Waals surface area contributed by atoms with Crippen molar-refractivity contribution in [1.29, 1.82) is 0 Å². The molecule has 0 atom stereocenters. The molecule has 0 radical (unpaired) electrons. The van der Waals surface area contributed by atoms with Crippen LogP contribution in [0, 0.1) is 0 Å². The van der Waals surface area contributed by atoms with Crippen LogP contribution in [0.15, 0.2) is 53.4 Å². The lowest BCUT2D eigenvalue weighted by molar-refractivity contribution is -0.134. The van der Waals surface area contributed by atoms with Gasteiger partial charge in [-0.1, -0.05) is 54.3 Å². The molecule has 0 aliphatic carbocycles. The minimum absolute atomic E-state index is 0.154. The summed E-state index contributed by atoms with van der Waals surface area (Å²) in [6.07, 6.45) is 1.72. The number of benzene rings is 2. The van der Waals surface area contributed by atoms with E-state index in [0.29, 0.717) is 4.91 Å². The van der Waals surface area contributed by atoms with E-state index in [9.17, 15) is 24.6 Å². The summed E-state index contributed by atoms with van der Waals surface area (Å²) in [6.45, 7) is -0.529. The molecule has 2 aromatic rings. The molecule has 9 heteroatoms. The van der Waals surface area contributed by atoms with Crippen LogP contribution in [0.5, 0.6) is 11.5 Å². The van der Waals surface area contributed by atoms with Gasteiger partial charge in [0.05, 0.1) is 11.4 Å². The van der Waals surface area contributed by atoms with Crippen molar-refractivity contribution < 1.29 is 24.6 Å². The topological polar surface area (TPSA) is 98.2 Å². The molecule has 1 fully saturated rings. The summed E-state index contributed by atoms with van der Waals surface area (Å²) in [5, 5.41) is 18.9. The Morgan fingerprint density at radius 2 is 1.83 bits per heavy atom. The number of ketones is 1. The first kappa shape index (κ1) is 21.5. The van der Waals surface area contributed by atoms with E-state index in [0.717, 1.165) is 23.4 Å². The van der Waals surface area contributed by atoms with E-state index in [-0.39, 0.29) is 34.6 Å². The Kier molecular flexibility index (Phi) is 6.53. The first-order valence-corrected chi connectivity index (χ1v) is 10.1. The number of hydrogen-bond acceptors (Lipinski definition) is 7. The summed E-state index contributed by atoms with van der Waals surface area (Å²) in [7, 11) is 1.44. The van der Waals surface area contributed by atoms with E-state index in [2.05, 4.69) is 0 Å². The Bertz CT molecular complexity index is 1050. The van der Waals surface area contributed by atoms with Crippen LogP contribution in [0.3, 0.4) is 0 Å². The first-order valence-electron chi connectivity index (χ1n) is 8.86. The highest BCUT2D eigenvalue weighted by atomic mass is 32.2. The van der Waals surface area contributed by atoms with Crippen molar-refractivity contribution >= 4 is 52.0 Å². The molecule has 1 aliphatic heterocycles. The molecule has 30 heavy (non-hydrogen) atoms. The maximum Gasteiger partial charge on any atom is 0.266 e. The Balaban J connectivity index is 1.64. The molecule has 154 valence electrons. The van der Waals surface area contributed by atoms with Gasteiger partial charge in [-0.05, 0) is 29.8 Å². The van der Waals surface area contributed by atoms with Crippen molar-refractivity contribution in [3.8, 4) is 11.5 Å². The number of thioether (sulfide) groups is 1. The summed E-state index contributed by atoms with van der Waals surface area (Å²) in [5.74, 6) is -1.99. The number of carbonyl (C=O) groups is 3. The molecule has 3 rings (SSSR count). The van der Waals surface area contributed by atoms with Crippen molar-refractivity contribution in [2.75, 3.05) is 20.1 Å². The van der Waals surface area contributed by atoms with Gasteiger partial charge in [0.2, 0.25) is 5.91 Å². The number of nitrogens with zero attached hydrogens (tertiary/aromatic N) is 2. The lowest BCUT2D eigenvalue weighted by atomic mass is 10.1. The number of likely N-dealkylation sites (N-methyl/N-ethyl adjacent to an activating group) is 1. The van der Waals surface area contributed by atoms with Gasteiger partial charge in [0.1, 0.15) is 10.9 Å². The summed E-state index contributed by atoms with van der Waals surface area (Å²) in [6, 6.07) is 13.0. The van der Waals surface area contributed by atoms with E-state index in [1.165, 1.54) is 29.0 Å². The van der Waals surface area contributed by atoms with E-state index in [1.807, 2.05) is 30.3 Å². The van der Waals surface area contributed by atoms with Gasteiger partial charge in [-0.3, -0.25) is 19.3 Å². The van der Waals surface area contributed by atoms with Crippen molar-refractivity contribution in [3.63, 3.8) is 0 Å². The minimum Gasteiger partial charge on any atom is -0.504 e. The third-order valence-corrected chi connectivity index (χ3v) is 5.75. The van der Waals surface area contributed by atoms with Crippen molar-refractivity contribution in [1.82, 2.24) is 9.80 Å². The predicted octanol–water partition coefficient (Wildman–Crippen LogP) is 2.64. The molecular weight excluding hydrogens is 424 g/mol. The second-order valence-electron chi connectivity index (χ2n) is 6.56. The molecule has 0 saturated carbocycles. The summed E-state index contributed by atoms with van der Waals surface area (Å²) in [5.41, 5.74) is 1.01. The standard InChI is InChI=1S/C21H18N2O5S2/c1-22(11-17(26)14-7-8-15(24)16(25)10-14)19(27)12-23-20(28)18(30-21(23)29)9-13-5-3-2-4-6-13/h2-10,24-25H,11-12H2,1H3/b18-9+. The van der Waals surface area contributed by atoms with E-state index in [4.69, 9.17) is 12.2 Å². The van der Waals surface area contributed by atoms with Gasteiger partial charge >= 0.3 is 0 Å². The smallest absolute Gasteiger partial charge is 0.266 e. The van der Waals surface area contributed by atoms with Crippen molar-refractivity contribution in [2.24, 2.45) is 0 Å². The van der Waals surface area contributed by atoms with Crippen molar-refractivity contribution in [3.05, 3.63) is 64.6 Å². The molecule has 7 nitrogen and oxygen atoms in total. The van der Waals surface area contributed by atoms with Crippen molar-refractivity contribution in [2.45, 2.75) is 0 Å². The molecule has 2 N–H and O–H groups in total. The molecule has 1 aliphatic rings. The number of thiocarbonyl (C=S) groups is 1. The molecule has 0 spiro atoms. The van der Waals surface area contributed by atoms with Crippen LogP contribution in [0.25, 0.3) is 6.08 Å². The van der Waals surface area contributed by atoms with Gasteiger partial charge in [0.25, 0.3) is 5.91 Å². The van der Waals surface area contributed by atoms with Gasteiger partial charge in [-0.15, -0.1) is 0 Å². The van der Waals surface area contributed by atoms with E-state index in [1.54, 1.807) is 6.08 Å².